The maximum Gasteiger partial charge on any atom is 0.274 e. The SMILES string of the molecule is CCC(C(=S)N(C)C)S(=O)(=O)O. The average molecular weight is 211 g/mol. The zero-order valence-corrected chi connectivity index (χ0v) is 8.94. The predicted molar refractivity (Wildman–Crippen MR) is 51.9 cm³/mol. The molecule has 1 atom stereocenters. The molecule has 0 aromatic rings. The second-order valence-electron chi connectivity index (χ2n) is 2.64. The zero-order valence-electron chi connectivity index (χ0n) is 7.31. The summed E-state index contributed by atoms with van der Waals surface area (Å²) in [4.78, 5) is 1.75. The van der Waals surface area contributed by atoms with E-state index >= 15 is 0 Å². The third kappa shape index (κ3) is 3.04. The van der Waals surface area contributed by atoms with E-state index in [1.54, 1.807) is 21.0 Å². The third-order valence-corrected chi connectivity index (χ3v) is 3.52. The Labute approximate surface area is 78.3 Å². The van der Waals surface area contributed by atoms with E-state index in [1.165, 1.54) is 4.90 Å². The van der Waals surface area contributed by atoms with Gasteiger partial charge in [-0.15, -0.1) is 0 Å². The summed E-state index contributed by atoms with van der Waals surface area (Å²) in [7, 11) is -0.744. The van der Waals surface area contributed by atoms with Gasteiger partial charge in [-0.1, -0.05) is 19.1 Å². The van der Waals surface area contributed by atoms with E-state index in [0.717, 1.165) is 0 Å². The highest BCUT2D eigenvalue weighted by atomic mass is 32.2. The molecule has 6 heteroatoms. The van der Waals surface area contributed by atoms with Gasteiger partial charge in [-0.3, -0.25) is 4.55 Å². The van der Waals surface area contributed by atoms with E-state index in [0.29, 0.717) is 0 Å². The molecule has 0 aliphatic rings. The van der Waals surface area contributed by atoms with E-state index < -0.39 is 15.4 Å². The maximum atomic E-state index is 10.7. The average Bonchev–Trinajstić information content (AvgIpc) is 1.85. The minimum Gasteiger partial charge on any atom is -0.371 e. The number of thiocarbonyl (C=S) groups is 1. The molecule has 0 aliphatic heterocycles. The van der Waals surface area contributed by atoms with Crippen LogP contribution in [-0.2, 0) is 10.1 Å². The fraction of sp³-hybridized carbons (Fsp3) is 0.833. The van der Waals surface area contributed by atoms with Crippen LogP contribution in [-0.4, -0.2) is 42.2 Å². The van der Waals surface area contributed by atoms with E-state index in [4.69, 9.17) is 16.8 Å². The summed E-state index contributed by atoms with van der Waals surface area (Å²) >= 11 is 4.83. The van der Waals surface area contributed by atoms with Crippen LogP contribution in [0.3, 0.4) is 0 Å². The Bertz CT molecular complexity index is 258. The second kappa shape index (κ2) is 4.15. The molecule has 0 saturated heterocycles. The van der Waals surface area contributed by atoms with Gasteiger partial charge in [-0.25, -0.2) is 0 Å². The first-order chi connectivity index (χ1) is 5.30. The third-order valence-electron chi connectivity index (χ3n) is 1.45. The lowest BCUT2D eigenvalue weighted by atomic mass is 10.3. The molecule has 1 unspecified atom stereocenters. The van der Waals surface area contributed by atoms with Gasteiger partial charge in [0.2, 0.25) is 0 Å². The Morgan fingerprint density at radius 3 is 2.08 bits per heavy atom. The predicted octanol–water partition coefficient (Wildman–Crippen LogP) is 0.542. The molecule has 0 radical (unpaired) electrons. The minimum atomic E-state index is -4.04. The van der Waals surface area contributed by atoms with Crippen molar-refractivity contribution in [2.75, 3.05) is 14.1 Å². The first kappa shape index (κ1) is 11.8. The summed E-state index contributed by atoms with van der Waals surface area (Å²) < 4.78 is 30.3. The first-order valence-electron chi connectivity index (χ1n) is 3.48. The van der Waals surface area contributed by atoms with Crippen molar-refractivity contribution in [3.63, 3.8) is 0 Å². The summed E-state index contributed by atoms with van der Waals surface area (Å²) in [6, 6.07) is 0. The van der Waals surface area contributed by atoms with Gasteiger partial charge in [0.1, 0.15) is 5.25 Å². The van der Waals surface area contributed by atoms with Gasteiger partial charge in [0.05, 0.1) is 4.99 Å². The molecular weight excluding hydrogens is 198 g/mol. The Hall–Kier alpha value is -0.200. The Morgan fingerprint density at radius 2 is 2.00 bits per heavy atom. The molecule has 12 heavy (non-hydrogen) atoms. The highest BCUT2D eigenvalue weighted by Gasteiger charge is 2.26. The Balaban J connectivity index is 4.71. The summed E-state index contributed by atoms with van der Waals surface area (Å²) in [6.45, 7) is 1.66. The summed E-state index contributed by atoms with van der Waals surface area (Å²) in [6.07, 6.45) is 0.288. The quantitative estimate of drug-likeness (QED) is 0.545. The Morgan fingerprint density at radius 1 is 1.58 bits per heavy atom. The lowest BCUT2D eigenvalue weighted by Crippen LogP contribution is -2.37. The Kier molecular flexibility index (Phi) is 4.09. The van der Waals surface area contributed by atoms with Gasteiger partial charge in [0, 0.05) is 14.1 Å². The van der Waals surface area contributed by atoms with Crippen molar-refractivity contribution in [3.05, 3.63) is 0 Å². The van der Waals surface area contributed by atoms with Crippen molar-refractivity contribution in [2.45, 2.75) is 18.6 Å². The lowest BCUT2D eigenvalue weighted by Gasteiger charge is -2.19. The van der Waals surface area contributed by atoms with E-state index in [9.17, 15) is 8.42 Å². The number of hydrogen-bond acceptors (Lipinski definition) is 3. The van der Waals surface area contributed by atoms with Gasteiger partial charge in [0.25, 0.3) is 10.1 Å². The molecule has 0 heterocycles. The fourth-order valence-corrected chi connectivity index (χ4v) is 2.22. The molecule has 0 amide bonds. The van der Waals surface area contributed by atoms with Gasteiger partial charge >= 0.3 is 0 Å². The highest BCUT2D eigenvalue weighted by Crippen LogP contribution is 2.08. The molecule has 0 bridgehead atoms. The van der Waals surface area contributed by atoms with Crippen LogP contribution < -0.4 is 0 Å². The van der Waals surface area contributed by atoms with Crippen molar-refractivity contribution in [3.8, 4) is 0 Å². The highest BCUT2D eigenvalue weighted by molar-refractivity contribution is 7.90. The van der Waals surface area contributed by atoms with Crippen LogP contribution in [0.2, 0.25) is 0 Å². The minimum absolute atomic E-state index is 0.236. The van der Waals surface area contributed by atoms with Crippen molar-refractivity contribution in [1.82, 2.24) is 4.90 Å². The normalized spacial score (nSPS) is 14.0. The summed E-state index contributed by atoms with van der Waals surface area (Å²) in [5.74, 6) is 0. The number of hydrogen-bond donors (Lipinski definition) is 1. The second-order valence-corrected chi connectivity index (χ2v) is 4.66. The summed E-state index contributed by atoms with van der Waals surface area (Å²) in [5.41, 5.74) is 0. The molecule has 72 valence electrons. The topological polar surface area (TPSA) is 57.6 Å². The van der Waals surface area contributed by atoms with Gasteiger partial charge in [-0.2, -0.15) is 8.42 Å². The van der Waals surface area contributed by atoms with Crippen molar-refractivity contribution in [1.29, 1.82) is 0 Å². The smallest absolute Gasteiger partial charge is 0.274 e. The number of nitrogens with zero attached hydrogens (tertiary/aromatic N) is 1. The van der Waals surface area contributed by atoms with Crippen LogP contribution >= 0.6 is 12.2 Å². The van der Waals surface area contributed by atoms with Crippen LogP contribution in [0.5, 0.6) is 0 Å². The molecule has 1 N–H and O–H groups in total. The largest absolute Gasteiger partial charge is 0.371 e. The van der Waals surface area contributed by atoms with Gasteiger partial charge in [0.15, 0.2) is 0 Å². The molecule has 0 aromatic heterocycles. The molecule has 0 spiro atoms. The van der Waals surface area contributed by atoms with Crippen LogP contribution in [0.1, 0.15) is 13.3 Å². The monoisotopic (exact) mass is 211 g/mol. The molecule has 4 nitrogen and oxygen atoms in total. The van der Waals surface area contributed by atoms with Crippen LogP contribution in [0.4, 0.5) is 0 Å². The van der Waals surface area contributed by atoms with Crippen molar-refractivity contribution in [2.24, 2.45) is 0 Å². The molecule has 0 aromatic carbocycles. The molecular formula is C6H13NO3S2. The van der Waals surface area contributed by atoms with E-state index in [-0.39, 0.29) is 11.4 Å². The van der Waals surface area contributed by atoms with Crippen molar-refractivity contribution >= 4 is 27.3 Å². The lowest BCUT2D eigenvalue weighted by molar-refractivity contribution is 0.471. The fourth-order valence-electron chi connectivity index (χ4n) is 0.801. The maximum absolute atomic E-state index is 10.7. The van der Waals surface area contributed by atoms with Crippen LogP contribution in [0, 0.1) is 0 Å². The summed E-state index contributed by atoms with van der Waals surface area (Å²) in [5, 5.41) is -0.956. The molecule has 0 fully saturated rings. The molecule has 0 saturated carbocycles. The number of rotatable bonds is 3. The van der Waals surface area contributed by atoms with E-state index in [1.807, 2.05) is 0 Å². The standard InChI is InChI=1S/C6H13NO3S2/c1-4-5(12(8,9)10)6(11)7(2)3/h5H,4H2,1-3H3,(H,8,9,10). The first-order valence-corrected chi connectivity index (χ1v) is 5.39. The van der Waals surface area contributed by atoms with Crippen LogP contribution in [0.15, 0.2) is 0 Å². The van der Waals surface area contributed by atoms with Gasteiger partial charge < -0.3 is 4.90 Å². The van der Waals surface area contributed by atoms with E-state index in [2.05, 4.69) is 0 Å². The molecule has 0 rings (SSSR count). The van der Waals surface area contributed by atoms with Crippen LogP contribution in [0.25, 0.3) is 0 Å². The van der Waals surface area contributed by atoms with Gasteiger partial charge in [-0.05, 0) is 6.42 Å². The zero-order chi connectivity index (χ0) is 9.94. The van der Waals surface area contributed by atoms with Crippen molar-refractivity contribution < 1.29 is 13.0 Å². The molecule has 0 aliphatic carbocycles.